The van der Waals surface area contributed by atoms with Gasteiger partial charge >= 0.3 is 5.97 Å². The molecule has 0 saturated heterocycles. The highest BCUT2D eigenvalue weighted by Gasteiger charge is 2.06. The number of carbonyl (C=O) groups excluding carboxylic acids is 3. The van der Waals surface area contributed by atoms with Gasteiger partial charge in [-0.3, -0.25) is 14.4 Å². The zero-order valence-corrected chi connectivity index (χ0v) is 21.6. The van der Waals surface area contributed by atoms with E-state index in [1.54, 1.807) is 12.1 Å². The summed E-state index contributed by atoms with van der Waals surface area (Å²) in [6, 6.07) is 13.6. The van der Waals surface area contributed by atoms with Gasteiger partial charge in [-0.15, -0.1) is 0 Å². The minimum Gasteiger partial charge on any atom is -0.469 e. The lowest BCUT2D eigenvalue weighted by Crippen LogP contribution is -2.25. The van der Waals surface area contributed by atoms with E-state index in [9.17, 15) is 14.0 Å². The maximum absolute atomic E-state index is 12.9. The van der Waals surface area contributed by atoms with E-state index in [1.165, 1.54) is 43.2 Å². The van der Waals surface area contributed by atoms with Crippen molar-refractivity contribution in [1.82, 2.24) is 5.32 Å². The average Bonchev–Trinajstić information content (AvgIpc) is 2.90. The first-order chi connectivity index (χ1) is 17.9. The van der Waals surface area contributed by atoms with Gasteiger partial charge in [-0.1, -0.05) is 35.9 Å². The number of nitrogens with two attached hydrogens (primary N) is 1. The van der Waals surface area contributed by atoms with E-state index in [0.717, 1.165) is 19.3 Å². The van der Waals surface area contributed by atoms with Gasteiger partial charge in [-0.05, 0) is 81.0 Å². The van der Waals surface area contributed by atoms with Gasteiger partial charge < -0.3 is 20.5 Å². The largest absolute Gasteiger partial charge is 0.469 e. The molecule has 0 radical (unpaired) electrons. The van der Waals surface area contributed by atoms with Crippen LogP contribution in [0.1, 0.15) is 51.0 Å². The lowest BCUT2D eigenvalue weighted by Gasteiger charge is -2.07. The lowest BCUT2D eigenvalue weighted by molar-refractivity contribution is -0.142. The lowest BCUT2D eigenvalue weighted by atomic mass is 10.1. The predicted molar refractivity (Wildman–Crippen MR) is 142 cm³/mol. The molecule has 0 fully saturated rings. The second-order valence-electron chi connectivity index (χ2n) is 8.20. The Morgan fingerprint density at radius 2 is 1.65 bits per heavy atom. The molecule has 3 N–H and O–H groups in total. The van der Waals surface area contributed by atoms with Gasteiger partial charge in [0, 0.05) is 13.0 Å². The third kappa shape index (κ3) is 15.6. The van der Waals surface area contributed by atoms with Crippen LogP contribution in [0.3, 0.4) is 0 Å². The fraction of sp³-hybridized carbons (Fsp3) is 0.345. The Hall–Kier alpha value is -3.94. The summed E-state index contributed by atoms with van der Waals surface area (Å²) < 4.78 is 23.0. The van der Waals surface area contributed by atoms with Gasteiger partial charge in [0.1, 0.15) is 17.3 Å². The van der Waals surface area contributed by atoms with E-state index in [2.05, 4.69) is 40.9 Å². The molecule has 0 aliphatic heterocycles. The number of carbonyl (C=O) groups is 3. The third-order valence-corrected chi connectivity index (χ3v) is 5.19. The highest BCUT2D eigenvalue weighted by Crippen LogP contribution is 2.22. The molecule has 2 aromatic rings. The number of esters is 1. The van der Waals surface area contributed by atoms with Crippen LogP contribution >= 0.6 is 0 Å². The summed E-state index contributed by atoms with van der Waals surface area (Å²) in [5, 5.41) is 2.80. The summed E-state index contributed by atoms with van der Waals surface area (Å²) in [5.41, 5.74) is 6.85. The Bertz CT molecular complexity index is 1000. The molecule has 3 rings (SSSR count). The summed E-state index contributed by atoms with van der Waals surface area (Å²) >= 11 is 0. The number of ether oxygens (including phenoxy) is 2. The van der Waals surface area contributed by atoms with E-state index in [1.807, 2.05) is 24.3 Å². The second kappa shape index (κ2) is 19.3. The summed E-state index contributed by atoms with van der Waals surface area (Å²) in [7, 11) is 1.31. The molecule has 1 aliphatic carbocycles. The molecule has 0 heterocycles. The number of amides is 2. The van der Waals surface area contributed by atoms with Crippen LogP contribution in [-0.4, -0.2) is 31.9 Å². The molecule has 7 nitrogen and oxygen atoms in total. The molecule has 2 aromatic carbocycles. The molecule has 8 heteroatoms. The normalized spacial score (nSPS) is 11.5. The van der Waals surface area contributed by atoms with Crippen LogP contribution in [0.5, 0.6) is 11.5 Å². The third-order valence-electron chi connectivity index (χ3n) is 5.19. The van der Waals surface area contributed by atoms with Crippen molar-refractivity contribution in [3.05, 3.63) is 83.7 Å². The van der Waals surface area contributed by atoms with Crippen LogP contribution in [0.25, 0.3) is 0 Å². The maximum atomic E-state index is 12.9. The Balaban J connectivity index is 0.000000572. The van der Waals surface area contributed by atoms with Crippen molar-refractivity contribution in [1.29, 1.82) is 0 Å². The predicted octanol–water partition coefficient (Wildman–Crippen LogP) is 5.39. The van der Waals surface area contributed by atoms with Crippen LogP contribution < -0.4 is 15.8 Å². The molecule has 37 heavy (non-hydrogen) atoms. The van der Waals surface area contributed by atoms with E-state index in [-0.39, 0.29) is 36.9 Å². The van der Waals surface area contributed by atoms with Gasteiger partial charge in [0.25, 0.3) is 0 Å². The number of methoxy groups -OCH3 is 1. The summed E-state index contributed by atoms with van der Waals surface area (Å²) in [6.45, 7) is 2.76. The Labute approximate surface area is 218 Å². The zero-order chi connectivity index (χ0) is 27.3. The molecular formula is C29H37FN2O5. The fourth-order valence-electron chi connectivity index (χ4n) is 3.17. The number of unbranched alkanes of at least 4 members (excludes halogenated alkanes) is 1. The van der Waals surface area contributed by atoms with Gasteiger partial charge in [-0.2, -0.15) is 0 Å². The maximum Gasteiger partial charge on any atom is 0.306 e. The van der Waals surface area contributed by atoms with Crippen LogP contribution in [0.2, 0.25) is 0 Å². The van der Waals surface area contributed by atoms with E-state index in [0.29, 0.717) is 18.0 Å². The molecule has 0 saturated carbocycles. The van der Waals surface area contributed by atoms with Crippen LogP contribution in [0.4, 0.5) is 4.39 Å². The van der Waals surface area contributed by atoms with Gasteiger partial charge in [0.2, 0.25) is 12.3 Å². The minimum atomic E-state index is -0.378. The van der Waals surface area contributed by atoms with Crippen LogP contribution in [-0.2, 0) is 25.5 Å². The topological polar surface area (TPSA) is 108 Å². The minimum absolute atomic E-state index is 0.106. The van der Waals surface area contributed by atoms with Gasteiger partial charge in [-0.25, -0.2) is 4.39 Å². The molecule has 2 amide bonds. The van der Waals surface area contributed by atoms with E-state index in [4.69, 9.17) is 9.53 Å². The van der Waals surface area contributed by atoms with Crippen LogP contribution in [0.15, 0.2) is 72.3 Å². The molecule has 0 aromatic heterocycles. The van der Waals surface area contributed by atoms with Crippen molar-refractivity contribution < 1.29 is 28.2 Å². The number of hydrogen-bond donors (Lipinski definition) is 2. The second-order valence-corrected chi connectivity index (χ2v) is 8.20. The van der Waals surface area contributed by atoms with Crippen molar-refractivity contribution in [2.24, 2.45) is 5.73 Å². The summed E-state index contributed by atoms with van der Waals surface area (Å²) in [4.78, 5) is 31.1. The zero-order valence-electron chi connectivity index (χ0n) is 21.6. The molecule has 0 unspecified atom stereocenters. The number of halogens is 1. The molecular weight excluding hydrogens is 475 g/mol. The number of aryl methyl sites for hydroxylation is 1. The number of benzene rings is 2. The van der Waals surface area contributed by atoms with Crippen molar-refractivity contribution in [3.63, 3.8) is 0 Å². The first-order valence-corrected chi connectivity index (χ1v) is 12.2. The smallest absolute Gasteiger partial charge is 0.306 e. The molecule has 0 bridgehead atoms. The summed E-state index contributed by atoms with van der Waals surface area (Å²) in [6.07, 6.45) is 12.2. The summed E-state index contributed by atoms with van der Waals surface area (Å²) in [5.74, 6) is 0.479. The molecule has 0 atom stereocenters. The monoisotopic (exact) mass is 512 g/mol. The number of allylic oxidation sites excluding steroid dienone is 4. The number of nitrogens with one attached hydrogen (secondary N) is 1. The fourth-order valence-corrected chi connectivity index (χ4v) is 3.17. The average molecular weight is 513 g/mol. The van der Waals surface area contributed by atoms with Crippen molar-refractivity contribution in [3.8, 4) is 11.5 Å². The first-order valence-electron chi connectivity index (χ1n) is 12.2. The van der Waals surface area contributed by atoms with Crippen molar-refractivity contribution >= 4 is 18.3 Å². The SMILES string of the molecule is CC1=CC=CCC1.COC(=O)CCC(=O)NCCCCc1ccc(Oc2ccc(F)cc2)cc1.NC=O. The number of rotatable bonds is 10. The molecule has 200 valence electrons. The quantitative estimate of drug-likeness (QED) is 0.252. The van der Waals surface area contributed by atoms with Gasteiger partial charge in [0.05, 0.1) is 13.5 Å². The van der Waals surface area contributed by atoms with Crippen molar-refractivity contribution in [2.45, 2.75) is 51.9 Å². The molecule has 0 spiro atoms. The van der Waals surface area contributed by atoms with E-state index < -0.39 is 0 Å². The Morgan fingerprint density at radius 1 is 1.03 bits per heavy atom. The number of primary amides is 1. The van der Waals surface area contributed by atoms with E-state index >= 15 is 0 Å². The highest BCUT2D eigenvalue weighted by atomic mass is 19.1. The van der Waals surface area contributed by atoms with Crippen molar-refractivity contribution in [2.75, 3.05) is 13.7 Å². The Morgan fingerprint density at radius 3 is 2.16 bits per heavy atom. The number of hydrogen-bond acceptors (Lipinski definition) is 5. The Kier molecular flexibility index (Phi) is 16.2. The van der Waals surface area contributed by atoms with Crippen LogP contribution in [0, 0.1) is 5.82 Å². The molecule has 1 aliphatic rings. The first kappa shape index (κ1) is 31.1. The standard InChI is InChI=1S/C21H24FNO4.C7H10.CH3NO/c1-26-21(25)14-13-20(24)23-15-3-2-4-16-5-9-18(10-6-16)27-19-11-7-17(22)8-12-19;1-7-5-3-2-4-6-7;2-1-3/h5-12H,2-4,13-15H2,1H3,(H,23,24);2-3,5H,4,6H2,1H3;1H,(H2,2,3). The van der Waals surface area contributed by atoms with Gasteiger partial charge in [0.15, 0.2) is 0 Å². The highest BCUT2D eigenvalue weighted by molar-refractivity contribution is 5.81.